The molecule has 1 amide bonds. The van der Waals surface area contributed by atoms with Crippen molar-refractivity contribution in [2.75, 3.05) is 0 Å². The van der Waals surface area contributed by atoms with E-state index in [-0.39, 0.29) is 23.3 Å². The molecule has 0 radical (unpaired) electrons. The molecule has 2 unspecified atom stereocenters. The third-order valence-electron chi connectivity index (χ3n) is 3.30. The SMILES string of the molecule is CC(CCCC(C)C(=O)O)NC(=O)[C@@H](N)C(C)(C)C. The smallest absolute Gasteiger partial charge is 0.306 e. The van der Waals surface area contributed by atoms with E-state index in [1.807, 2.05) is 27.7 Å². The van der Waals surface area contributed by atoms with Crippen molar-refractivity contribution >= 4 is 11.9 Å². The van der Waals surface area contributed by atoms with Crippen LogP contribution in [0.1, 0.15) is 53.9 Å². The number of carboxylic acid groups (broad SMARTS) is 1. The van der Waals surface area contributed by atoms with E-state index < -0.39 is 12.0 Å². The number of hydrogen-bond acceptors (Lipinski definition) is 3. The Morgan fingerprint density at radius 2 is 1.74 bits per heavy atom. The van der Waals surface area contributed by atoms with Gasteiger partial charge in [0.05, 0.1) is 12.0 Å². The summed E-state index contributed by atoms with van der Waals surface area (Å²) in [6.07, 6.45) is 2.17. The fraction of sp³-hybridized carbons (Fsp3) is 0.857. The van der Waals surface area contributed by atoms with Crippen molar-refractivity contribution in [3.05, 3.63) is 0 Å². The van der Waals surface area contributed by atoms with Crippen LogP contribution in [-0.2, 0) is 9.59 Å². The van der Waals surface area contributed by atoms with Crippen molar-refractivity contribution in [3.63, 3.8) is 0 Å². The maximum atomic E-state index is 11.9. The zero-order valence-corrected chi connectivity index (χ0v) is 12.7. The summed E-state index contributed by atoms with van der Waals surface area (Å²) in [7, 11) is 0. The summed E-state index contributed by atoms with van der Waals surface area (Å²) in [4.78, 5) is 22.5. The summed E-state index contributed by atoms with van der Waals surface area (Å²) < 4.78 is 0. The molecule has 0 fully saturated rings. The van der Waals surface area contributed by atoms with Gasteiger partial charge in [0.15, 0.2) is 0 Å². The highest BCUT2D eigenvalue weighted by Gasteiger charge is 2.28. The minimum Gasteiger partial charge on any atom is -0.481 e. The van der Waals surface area contributed by atoms with Gasteiger partial charge in [0.2, 0.25) is 5.91 Å². The van der Waals surface area contributed by atoms with Gasteiger partial charge < -0.3 is 16.2 Å². The van der Waals surface area contributed by atoms with Crippen LogP contribution in [0.3, 0.4) is 0 Å². The van der Waals surface area contributed by atoms with Crippen molar-refractivity contribution in [2.45, 2.75) is 66.0 Å². The van der Waals surface area contributed by atoms with E-state index in [0.717, 1.165) is 12.8 Å². The Hall–Kier alpha value is -1.10. The summed E-state index contributed by atoms with van der Waals surface area (Å²) in [5.41, 5.74) is 5.61. The van der Waals surface area contributed by atoms with Crippen molar-refractivity contribution in [3.8, 4) is 0 Å². The average Bonchev–Trinajstić information content (AvgIpc) is 2.26. The second-order valence-corrected chi connectivity index (χ2v) is 6.42. The van der Waals surface area contributed by atoms with E-state index in [4.69, 9.17) is 10.8 Å². The molecular weight excluding hydrogens is 244 g/mol. The normalized spacial score (nSPS) is 16.5. The van der Waals surface area contributed by atoms with Crippen molar-refractivity contribution in [1.82, 2.24) is 5.32 Å². The van der Waals surface area contributed by atoms with Gasteiger partial charge in [-0.15, -0.1) is 0 Å². The van der Waals surface area contributed by atoms with Crippen LogP contribution >= 0.6 is 0 Å². The molecule has 0 aromatic carbocycles. The summed E-state index contributed by atoms with van der Waals surface area (Å²) in [5, 5.41) is 11.6. The topological polar surface area (TPSA) is 92.4 Å². The van der Waals surface area contributed by atoms with Crippen LogP contribution < -0.4 is 11.1 Å². The number of hydrogen-bond donors (Lipinski definition) is 3. The van der Waals surface area contributed by atoms with Crippen LogP contribution in [0, 0.1) is 11.3 Å². The molecule has 5 heteroatoms. The Morgan fingerprint density at radius 1 is 1.21 bits per heavy atom. The molecule has 0 bridgehead atoms. The average molecular weight is 272 g/mol. The first-order valence-corrected chi connectivity index (χ1v) is 6.84. The predicted molar refractivity (Wildman–Crippen MR) is 75.7 cm³/mol. The van der Waals surface area contributed by atoms with Crippen molar-refractivity contribution < 1.29 is 14.7 Å². The predicted octanol–water partition coefficient (Wildman–Crippen LogP) is 1.76. The van der Waals surface area contributed by atoms with Gasteiger partial charge in [-0.3, -0.25) is 9.59 Å². The first-order chi connectivity index (χ1) is 8.55. The van der Waals surface area contributed by atoms with Crippen LogP contribution in [0.2, 0.25) is 0 Å². The molecule has 19 heavy (non-hydrogen) atoms. The van der Waals surface area contributed by atoms with E-state index in [2.05, 4.69) is 5.32 Å². The van der Waals surface area contributed by atoms with Gasteiger partial charge in [-0.25, -0.2) is 0 Å². The number of carbonyl (C=O) groups is 2. The van der Waals surface area contributed by atoms with Crippen molar-refractivity contribution in [1.29, 1.82) is 0 Å². The molecular formula is C14H28N2O3. The third-order valence-corrected chi connectivity index (χ3v) is 3.30. The minimum atomic E-state index is -0.772. The lowest BCUT2D eigenvalue weighted by Gasteiger charge is -2.27. The summed E-state index contributed by atoms with van der Waals surface area (Å²) in [6.45, 7) is 9.39. The molecule has 0 aliphatic carbocycles. The first kappa shape index (κ1) is 17.9. The molecule has 0 saturated heterocycles. The molecule has 5 nitrogen and oxygen atoms in total. The Kier molecular flexibility index (Phi) is 7.05. The Bertz CT molecular complexity index is 310. The molecule has 4 N–H and O–H groups in total. The molecule has 3 atom stereocenters. The second kappa shape index (κ2) is 7.48. The number of rotatable bonds is 7. The quantitative estimate of drug-likeness (QED) is 0.658. The zero-order valence-electron chi connectivity index (χ0n) is 12.7. The Labute approximate surface area is 115 Å². The standard InChI is InChI=1S/C14H28N2O3/c1-9(13(18)19)7-6-8-10(2)16-12(17)11(15)14(3,4)5/h9-11H,6-8,15H2,1-5H3,(H,16,17)(H,18,19)/t9?,10?,11-/m1/s1. The Morgan fingerprint density at radius 3 is 2.16 bits per heavy atom. The largest absolute Gasteiger partial charge is 0.481 e. The molecule has 0 aromatic rings. The van der Waals surface area contributed by atoms with Gasteiger partial charge in [-0.1, -0.05) is 34.1 Å². The maximum absolute atomic E-state index is 11.9. The second-order valence-electron chi connectivity index (χ2n) is 6.42. The molecule has 0 aromatic heterocycles. The number of aliphatic carboxylic acids is 1. The van der Waals surface area contributed by atoms with E-state index in [1.165, 1.54) is 0 Å². The van der Waals surface area contributed by atoms with Gasteiger partial charge >= 0.3 is 5.97 Å². The molecule has 0 heterocycles. The van der Waals surface area contributed by atoms with Gasteiger partial charge in [0.1, 0.15) is 0 Å². The van der Waals surface area contributed by atoms with E-state index in [0.29, 0.717) is 6.42 Å². The van der Waals surface area contributed by atoms with Crippen LogP contribution in [0.25, 0.3) is 0 Å². The van der Waals surface area contributed by atoms with E-state index in [1.54, 1.807) is 6.92 Å². The third kappa shape index (κ3) is 7.15. The lowest BCUT2D eigenvalue weighted by molar-refractivity contribution is -0.141. The molecule has 0 aliphatic heterocycles. The first-order valence-electron chi connectivity index (χ1n) is 6.84. The van der Waals surface area contributed by atoms with Crippen molar-refractivity contribution in [2.24, 2.45) is 17.1 Å². The molecule has 0 saturated carbocycles. The highest BCUT2D eigenvalue weighted by molar-refractivity contribution is 5.82. The summed E-state index contributed by atoms with van der Waals surface area (Å²) >= 11 is 0. The van der Waals surface area contributed by atoms with Gasteiger partial charge in [-0.2, -0.15) is 0 Å². The van der Waals surface area contributed by atoms with Gasteiger partial charge in [0, 0.05) is 6.04 Å². The fourth-order valence-electron chi connectivity index (χ4n) is 1.65. The highest BCUT2D eigenvalue weighted by Crippen LogP contribution is 2.17. The van der Waals surface area contributed by atoms with Gasteiger partial charge in [0.25, 0.3) is 0 Å². The molecule has 112 valence electrons. The van der Waals surface area contributed by atoms with Crippen LogP contribution in [0.15, 0.2) is 0 Å². The number of amides is 1. The fourth-order valence-corrected chi connectivity index (χ4v) is 1.65. The van der Waals surface area contributed by atoms with Crippen LogP contribution in [0.4, 0.5) is 0 Å². The molecule has 0 spiro atoms. The van der Waals surface area contributed by atoms with Crippen LogP contribution in [-0.4, -0.2) is 29.1 Å². The molecule has 0 rings (SSSR count). The summed E-state index contributed by atoms with van der Waals surface area (Å²) in [6, 6.07) is -0.519. The number of carbonyl (C=O) groups excluding carboxylic acids is 1. The Balaban J connectivity index is 4.02. The monoisotopic (exact) mass is 272 g/mol. The highest BCUT2D eigenvalue weighted by atomic mass is 16.4. The summed E-state index contributed by atoms with van der Waals surface area (Å²) in [5.74, 6) is -1.25. The lowest BCUT2D eigenvalue weighted by Crippen LogP contribution is -2.50. The number of carboxylic acids is 1. The molecule has 0 aliphatic rings. The van der Waals surface area contributed by atoms with E-state index in [9.17, 15) is 9.59 Å². The lowest BCUT2D eigenvalue weighted by atomic mass is 9.87. The maximum Gasteiger partial charge on any atom is 0.306 e. The zero-order chi connectivity index (χ0) is 15.2. The minimum absolute atomic E-state index is 0.0156. The van der Waals surface area contributed by atoms with Crippen LogP contribution in [0.5, 0.6) is 0 Å². The van der Waals surface area contributed by atoms with E-state index >= 15 is 0 Å². The number of nitrogens with one attached hydrogen (secondary N) is 1. The van der Waals surface area contributed by atoms with Gasteiger partial charge in [-0.05, 0) is 25.2 Å². The number of nitrogens with two attached hydrogens (primary N) is 1.